The average Bonchev–Trinajstić information content (AvgIpc) is 3.15. The fourth-order valence-electron chi connectivity index (χ4n) is 2.85. The van der Waals surface area contributed by atoms with Crippen molar-refractivity contribution in [1.29, 1.82) is 0 Å². The van der Waals surface area contributed by atoms with E-state index in [9.17, 15) is 0 Å². The fourth-order valence-corrected chi connectivity index (χ4v) is 3.31. The van der Waals surface area contributed by atoms with Gasteiger partial charge in [0.05, 0.1) is 24.2 Å². The largest absolute Gasteiger partial charge is 0.497 e. The lowest BCUT2D eigenvalue weighted by Crippen LogP contribution is -2.02. The first-order valence-electron chi connectivity index (χ1n) is 8.56. The molecule has 4 nitrogen and oxygen atoms in total. The lowest BCUT2D eigenvalue weighted by Gasteiger charge is -2.12. The molecule has 4 aromatic rings. The van der Waals surface area contributed by atoms with Crippen LogP contribution >= 0.6 is 15.9 Å². The fraction of sp³-hybridized carbons (Fsp3) is 0.0455. The third-order valence-corrected chi connectivity index (χ3v) is 4.87. The molecule has 4 rings (SSSR count). The zero-order chi connectivity index (χ0) is 18.6. The molecule has 27 heavy (non-hydrogen) atoms. The topological polar surface area (TPSA) is 39.1 Å². The predicted molar refractivity (Wildman–Crippen MR) is 113 cm³/mol. The van der Waals surface area contributed by atoms with Gasteiger partial charge in [-0.25, -0.2) is 4.68 Å². The Morgan fingerprint density at radius 3 is 2.26 bits per heavy atom. The van der Waals surface area contributed by atoms with Gasteiger partial charge < -0.3 is 10.1 Å². The van der Waals surface area contributed by atoms with E-state index in [1.165, 1.54) is 0 Å². The number of benzene rings is 3. The maximum atomic E-state index is 5.28. The lowest BCUT2D eigenvalue weighted by molar-refractivity contribution is 0.414. The van der Waals surface area contributed by atoms with Gasteiger partial charge in [-0.05, 0) is 46.3 Å². The van der Waals surface area contributed by atoms with Crippen LogP contribution in [0, 0.1) is 0 Å². The number of hydrogen-bond acceptors (Lipinski definition) is 3. The summed E-state index contributed by atoms with van der Waals surface area (Å²) in [6, 6.07) is 28.1. The SMILES string of the molecule is COc1ccc(Nc2cc(-c3ccccc3)nn2-c2ccccc2)c(Br)c1. The molecule has 0 radical (unpaired) electrons. The Bertz CT molecular complexity index is 1050. The number of nitrogens with zero attached hydrogens (tertiary/aromatic N) is 2. The maximum absolute atomic E-state index is 5.28. The molecular weight excluding hydrogens is 402 g/mol. The summed E-state index contributed by atoms with van der Waals surface area (Å²) in [6.45, 7) is 0. The van der Waals surface area contributed by atoms with Crippen molar-refractivity contribution in [2.45, 2.75) is 0 Å². The molecule has 0 saturated heterocycles. The Hall–Kier alpha value is -3.05. The van der Waals surface area contributed by atoms with Gasteiger partial charge in [0.2, 0.25) is 0 Å². The Kier molecular flexibility index (Phi) is 4.94. The van der Waals surface area contributed by atoms with Crippen LogP contribution in [0.2, 0.25) is 0 Å². The predicted octanol–water partition coefficient (Wildman–Crippen LogP) is 6.05. The highest BCUT2D eigenvalue weighted by Gasteiger charge is 2.13. The van der Waals surface area contributed by atoms with E-state index in [0.29, 0.717) is 0 Å². The zero-order valence-electron chi connectivity index (χ0n) is 14.8. The van der Waals surface area contributed by atoms with Gasteiger partial charge >= 0.3 is 0 Å². The van der Waals surface area contributed by atoms with E-state index < -0.39 is 0 Å². The molecule has 0 fully saturated rings. The monoisotopic (exact) mass is 419 g/mol. The van der Waals surface area contributed by atoms with Gasteiger partial charge in [-0.2, -0.15) is 5.10 Å². The number of rotatable bonds is 5. The quantitative estimate of drug-likeness (QED) is 0.427. The molecule has 0 amide bonds. The summed E-state index contributed by atoms with van der Waals surface area (Å²) in [4.78, 5) is 0. The molecule has 0 saturated carbocycles. The van der Waals surface area contributed by atoms with Crippen LogP contribution in [0.15, 0.2) is 89.4 Å². The summed E-state index contributed by atoms with van der Waals surface area (Å²) < 4.78 is 8.12. The Balaban J connectivity index is 1.78. The summed E-state index contributed by atoms with van der Waals surface area (Å²) in [5.74, 6) is 1.68. The van der Waals surface area contributed by atoms with Crippen molar-refractivity contribution in [3.8, 4) is 22.7 Å². The minimum Gasteiger partial charge on any atom is -0.497 e. The van der Waals surface area contributed by atoms with E-state index >= 15 is 0 Å². The van der Waals surface area contributed by atoms with Gasteiger partial charge in [-0.3, -0.25) is 0 Å². The molecule has 0 aliphatic carbocycles. The number of nitrogens with one attached hydrogen (secondary N) is 1. The molecule has 0 bridgehead atoms. The minimum absolute atomic E-state index is 0.800. The number of aromatic nitrogens is 2. The van der Waals surface area contributed by atoms with E-state index in [1.807, 2.05) is 71.4 Å². The molecular formula is C22H18BrN3O. The number of anilines is 2. The van der Waals surface area contributed by atoms with E-state index in [1.54, 1.807) is 7.11 Å². The molecule has 1 N–H and O–H groups in total. The first kappa shape index (κ1) is 17.4. The van der Waals surface area contributed by atoms with E-state index in [2.05, 4.69) is 39.4 Å². The van der Waals surface area contributed by atoms with E-state index in [0.717, 1.165) is 38.7 Å². The highest BCUT2D eigenvalue weighted by atomic mass is 79.9. The van der Waals surface area contributed by atoms with Gasteiger partial charge in [0, 0.05) is 16.1 Å². The molecule has 0 aliphatic rings. The van der Waals surface area contributed by atoms with E-state index in [-0.39, 0.29) is 0 Å². The van der Waals surface area contributed by atoms with Crippen LogP contribution in [-0.4, -0.2) is 16.9 Å². The second-order valence-electron chi connectivity index (χ2n) is 6.00. The highest BCUT2D eigenvalue weighted by Crippen LogP contribution is 2.32. The number of halogens is 1. The second kappa shape index (κ2) is 7.68. The standard InChI is InChI=1S/C22H18BrN3O/c1-27-18-12-13-20(19(23)14-18)24-22-15-21(16-8-4-2-5-9-16)25-26(22)17-10-6-3-7-11-17/h2-15,24H,1H3. The van der Waals surface area contributed by atoms with Crippen molar-refractivity contribution in [3.63, 3.8) is 0 Å². The Morgan fingerprint density at radius 2 is 1.59 bits per heavy atom. The van der Waals surface area contributed by atoms with Crippen molar-refractivity contribution >= 4 is 27.4 Å². The van der Waals surface area contributed by atoms with Gasteiger partial charge in [-0.15, -0.1) is 0 Å². The lowest BCUT2D eigenvalue weighted by atomic mass is 10.1. The molecule has 134 valence electrons. The number of ether oxygens (including phenoxy) is 1. The van der Waals surface area contributed by atoms with E-state index in [4.69, 9.17) is 9.84 Å². The smallest absolute Gasteiger partial charge is 0.134 e. The molecule has 0 atom stereocenters. The van der Waals surface area contributed by atoms with Crippen LogP contribution in [0.1, 0.15) is 0 Å². The number of hydrogen-bond donors (Lipinski definition) is 1. The molecule has 3 aromatic carbocycles. The van der Waals surface area contributed by atoms with Crippen molar-refractivity contribution in [3.05, 3.63) is 89.4 Å². The molecule has 5 heteroatoms. The van der Waals surface area contributed by atoms with Crippen molar-refractivity contribution in [1.82, 2.24) is 9.78 Å². The summed E-state index contributed by atoms with van der Waals surface area (Å²) in [6.07, 6.45) is 0. The first-order chi connectivity index (χ1) is 13.2. The van der Waals surface area contributed by atoms with Gasteiger partial charge in [0.1, 0.15) is 11.6 Å². The van der Waals surface area contributed by atoms with Gasteiger partial charge in [0.15, 0.2) is 0 Å². The van der Waals surface area contributed by atoms with Crippen LogP contribution in [0.5, 0.6) is 5.75 Å². The third-order valence-electron chi connectivity index (χ3n) is 4.22. The average molecular weight is 420 g/mol. The number of para-hydroxylation sites is 1. The highest BCUT2D eigenvalue weighted by molar-refractivity contribution is 9.10. The second-order valence-corrected chi connectivity index (χ2v) is 6.85. The maximum Gasteiger partial charge on any atom is 0.134 e. The van der Waals surface area contributed by atoms with Crippen LogP contribution < -0.4 is 10.1 Å². The minimum atomic E-state index is 0.800. The van der Waals surface area contributed by atoms with Crippen LogP contribution in [0.25, 0.3) is 16.9 Å². The third kappa shape index (κ3) is 3.73. The van der Waals surface area contributed by atoms with Crippen molar-refractivity contribution < 1.29 is 4.74 Å². The normalized spacial score (nSPS) is 10.6. The summed E-state index contributed by atoms with van der Waals surface area (Å²) >= 11 is 3.61. The summed E-state index contributed by atoms with van der Waals surface area (Å²) in [5.41, 5.74) is 3.91. The molecule has 1 heterocycles. The zero-order valence-corrected chi connectivity index (χ0v) is 16.3. The summed E-state index contributed by atoms with van der Waals surface area (Å²) in [7, 11) is 1.66. The Labute approximate surface area is 166 Å². The van der Waals surface area contributed by atoms with Gasteiger partial charge in [-0.1, -0.05) is 48.5 Å². The van der Waals surface area contributed by atoms with Crippen LogP contribution in [-0.2, 0) is 0 Å². The Morgan fingerprint density at radius 1 is 0.889 bits per heavy atom. The number of methoxy groups -OCH3 is 1. The molecule has 0 unspecified atom stereocenters. The van der Waals surface area contributed by atoms with Crippen LogP contribution in [0.3, 0.4) is 0 Å². The van der Waals surface area contributed by atoms with Crippen molar-refractivity contribution in [2.24, 2.45) is 0 Å². The summed E-state index contributed by atoms with van der Waals surface area (Å²) in [5, 5.41) is 8.30. The molecule has 0 spiro atoms. The first-order valence-corrected chi connectivity index (χ1v) is 9.35. The van der Waals surface area contributed by atoms with Crippen molar-refractivity contribution in [2.75, 3.05) is 12.4 Å². The molecule has 1 aromatic heterocycles. The van der Waals surface area contributed by atoms with Crippen LogP contribution in [0.4, 0.5) is 11.5 Å². The van der Waals surface area contributed by atoms with Gasteiger partial charge in [0.25, 0.3) is 0 Å². The molecule has 0 aliphatic heterocycles.